The third-order valence-electron chi connectivity index (χ3n) is 3.67. The number of carbonyl (C=O) groups excluding carboxylic acids is 1. The summed E-state index contributed by atoms with van der Waals surface area (Å²) < 4.78 is 0. The van der Waals surface area contributed by atoms with Crippen LogP contribution >= 0.6 is 0 Å². The monoisotopic (exact) mass is 181 g/mol. The van der Waals surface area contributed by atoms with Crippen LogP contribution in [0.1, 0.15) is 46.5 Å². The standard InChI is InChI=1S/C11H19NO/c1-4-5-12(9(2)13)11-6-10(3,7-11)8-11/h4-8H2,1-3H3. The van der Waals surface area contributed by atoms with Crippen molar-refractivity contribution in [2.75, 3.05) is 6.54 Å². The molecule has 3 saturated carbocycles. The number of carbonyl (C=O) groups is 1. The molecule has 0 radical (unpaired) electrons. The predicted molar refractivity (Wildman–Crippen MR) is 52.4 cm³/mol. The molecule has 0 spiro atoms. The summed E-state index contributed by atoms with van der Waals surface area (Å²) in [4.78, 5) is 13.5. The summed E-state index contributed by atoms with van der Waals surface area (Å²) >= 11 is 0. The summed E-state index contributed by atoms with van der Waals surface area (Å²) in [6, 6.07) is 0. The Morgan fingerprint density at radius 3 is 2.23 bits per heavy atom. The second kappa shape index (κ2) is 2.49. The quantitative estimate of drug-likeness (QED) is 0.653. The molecule has 0 aromatic carbocycles. The normalized spacial score (nSPS) is 40.5. The van der Waals surface area contributed by atoms with Gasteiger partial charge in [0.05, 0.1) is 0 Å². The molecule has 3 aliphatic rings. The molecule has 0 aliphatic heterocycles. The molecule has 0 unspecified atom stereocenters. The first-order valence-electron chi connectivity index (χ1n) is 5.30. The molecule has 13 heavy (non-hydrogen) atoms. The lowest BCUT2D eigenvalue weighted by atomic mass is 9.39. The number of rotatable bonds is 3. The number of nitrogens with zero attached hydrogens (tertiary/aromatic N) is 1. The Morgan fingerprint density at radius 1 is 1.38 bits per heavy atom. The van der Waals surface area contributed by atoms with Gasteiger partial charge < -0.3 is 4.90 Å². The van der Waals surface area contributed by atoms with Gasteiger partial charge in [0.1, 0.15) is 0 Å². The zero-order valence-corrected chi connectivity index (χ0v) is 8.89. The van der Waals surface area contributed by atoms with E-state index >= 15 is 0 Å². The average molecular weight is 181 g/mol. The van der Waals surface area contributed by atoms with Gasteiger partial charge in [0.2, 0.25) is 5.91 Å². The Hall–Kier alpha value is -0.530. The molecule has 74 valence electrons. The van der Waals surface area contributed by atoms with E-state index in [0.29, 0.717) is 11.0 Å². The van der Waals surface area contributed by atoms with Gasteiger partial charge in [-0.2, -0.15) is 0 Å². The van der Waals surface area contributed by atoms with Gasteiger partial charge in [0, 0.05) is 19.0 Å². The van der Waals surface area contributed by atoms with Crippen molar-refractivity contribution in [3.8, 4) is 0 Å². The Bertz CT molecular complexity index is 227. The van der Waals surface area contributed by atoms with E-state index in [9.17, 15) is 4.79 Å². The zero-order valence-electron chi connectivity index (χ0n) is 8.89. The molecule has 3 rings (SSSR count). The highest BCUT2D eigenvalue weighted by molar-refractivity contribution is 5.75. The molecule has 0 heterocycles. The van der Waals surface area contributed by atoms with Gasteiger partial charge in [0.25, 0.3) is 0 Å². The van der Waals surface area contributed by atoms with Gasteiger partial charge in [0.15, 0.2) is 0 Å². The van der Waals surface area contributed by atoms with Gasteiger partial charge in [-0.1, -0.05) is 13.8 Å². The van der Waals surface area contributed by atoms with E-state index in [0.717, 1.165) is 13.0 Å². The van der Waals surface area contributed by atoms with Gasteiger partial charge >= 0.3 is 0 Å². The molecule has 2 heteroatoms. The minimum absolute atomic E-state index is 0.267. The minimum atomic E-state index is 0.267. The molecule has 0 atom stereocenters. The van der Waals surface area contributed by atoms with Crippen LogP contribution in [-0.4, -0.2) is 22.9 Å². The SMILES string of the molecule is CCCN(C(C)=O)C12CC(C)(C1)C2. The topological polar surface area (TPSA) is 20.3 Å². The highest BCUT2D eigenvalue weighted by Crippen LogP contribution is 2.69. The summed E-state index contributed by atoms with van der Waals surface area (Å²) in [5.41, 5.74) is 0.901. The number of amides is 1. The van der Waals surface area contributed by atoms with E-state index in [1.54, 1.807) is 6.92 Å². The average Bonchev–Trinajstić information content (AvgIpc) is 1.92. The van der Waals surface area contributed by atoms with Gasteiger partial charge in [-0.25, -0.2) is 0 Å². The summed E-state index contributed by atoms with van der Waals surface area (Å²) in [5, 5.41) is 0. The number of hydrogen-bond donors (Lipinski definition) is 0. The van der Waals surface area contributed by atoms with E-state index in [2.05, 4.69) is 18.7 Å². The largest absolute Gasteiger partial charge is 0.337 e. The van der Waals surface area contributed by atoms with Crippen LogP contribution in [0.3, 0.4) is 0 Å². The second-order valence-corrected chi connectivity index (χ2v) is 5.24. The van der Waals surface area contributed by atoms with Gasteiger partial charge in [-0.3, -0.25) is 4.79 Å². The van der Waals surface area contributed by atoms with Crippen molar-refractivity contribution in [2.45, 2.75) is 52.0 Å². The van der Waals surface area contributed by atoms with E-state index in [4.69, 9.17) is 0 Å². The van der Waals surface area contributed by atoms with E-state index in [1.165, 1.54) is 19.3 Å². The van der Waals surface area contributed by atoms with Crippen molar-refractivity contribution in [2.24, 2.45) is 5.41 Å². The fourth-order valence-corrected chi connectivity index (χ4v) is 3.47. The van der Waals surface area contributed by atoms with Crippen LogP contribution in [0.15, 0.2) is 0 Å². The maximum absolute atomic E-state index is 11.4. The number of hydrogen-bond acceptors (Lipinski definition) is 1. The van der Waals surface area contributed by atoms with Crippen LogP contribution in [0, 0.1) is 5.41 Å². The molecule has 0 aromatic rings. The predicted octanol–water partition coefficient (Wildman–Crippen LogP) is 2.19. The van der Waals surface area contributed by atoms with Gasteiger partial charge in [-0.15, -0.1) is 0 Å². The Balaban J connectivity index is 2.02. The highest BCUT2D eigenvalue weighted by atomic mass is 16.2. The third kappa shape index (κ3) is 1.11. The molecule has 3 aliphatic carbocycles. The zero-order chi connectivity index (χ0) is 9.69. The van der Waals surface area contributed by atoms with Gasteiger partial charge in [-0.05, 0) is 31.1 Å². The van der Waals surface area contributed by atoms with E-state index in [1.807, 2.05) is 0 Å². The lowest BCUT2D eigenvalue weighted by Gasteiger charge is -2.73. The molecular weight excluding hydrogens is 162 g/mol. The summed E-state index contributed by atoms with van der Waals surface area (Å²) in [6.45, 7) is 7.13. The first-order chi connectivity index (χ1) is 6.01. The summed E-state index contributed by atoms with van der Waals surface area (Å²) in [6.07, 6.45) is 4.83. The van der Waals surface area contributed by atoms with Crippen LogP contribution in [0.5, 0.6) is 0 Å². The molecule has 1 amide bonds. The maximum atomic E-state index is 11.4. The summed E-state index contributed by atoms with van der Waals surface area (Å²) in [5.74, 6) is 0.267. The van der Waals surface area contributed by atoms with Crippen molar-refractivity contribution in [1.29, 1.82) is 0 Å². The van der Waals surface area contributed by atoms with Crippen molar-refractivity contribution in [1.82, 2.24) is 4.90 Å². The smallest absolute Gasteiger partial charge is 0.219 e. The van der Waals surface area contributed by atoms with Crippen LogP contribution in [0.25, 0.3) is 0 Å². The molecule has 2 bridgehead atoms. The van der Waals surface area contributed by atoms with Crippen LogP contribution < -0.4 is 0 Å². The molecule has 0 N–H and O–H groups in total. The summed E-state index contributed by atoms with van der Waals surface area (Å²) in [7, 11) is 0. The fraction of sp³-hybridized carbons (Fsp3) is 0.909. The lowest BCUT2D eigenvalue weighted by Crippen LogP contribution is -2.74. The first kappa shape index (κ1) is 9.04. The van der Waals surface area contributed by atoms with Crippen LogP contribution in [0.4, 0.5) is 0 Å². The Morgan fingerprint density at radius 2 is 1.92 bits per heavy atom. The van der Waals surface area contributed by atoms with Crippen molar-refractivity contribution < 1.29 is 4.79 Å². The second-order valence-electron chi connectivity index (χ2n) is 5.24. The highest BCUT2D eigenvalue weighted by Gasteiger charge is 2.67. The van der Waals surface area contributed by atoms with E-state index in [-0.39, 0.29) is 5.91 Å². The Labute approximate surface area is 80.3 Å². The van der Waals surface area contributed by atoms with Crippen LogP contribution in [-0.2, 0) is 4.79 Å². The Kier molecular flexibility index (Phi) is 1.73. The van der Waals surface area contributed by atoms with Crippen molar-refractivity contribution in [3.63, 3.8) is 0 Å². The fourth-order valence-electron chi connectivity index (χ4n) is 3.47. The van der Waals surface area contributed by atoms with Crippen LogP contribution in [0.2, 0.25) is 0 Å². The first-order valence-corrected chi connectivity index (χ1v) is 5.30. The maximum Gasteiger partial charge on any atom is 0.219 e. The molecular formula is C11H19NO. The lowest BCUT2D eigenvalue weighted by molar-refractivity contribution is -0.210. The van der Waals surface area contributed by atoms with Crippen molar-refractivity contribution >= 4 is 5.91 Å². The van der Waals surface area contributed by atoms with E-state index < -0.39 is 0 Å². The molecule has 0 aromatic heterocycles. The molecule has 0 saturated heterocycles. The minimum Gasteiger partial charge on any atom is -0.337 e. The molecule has 3 fully saturated rings. The molecule has 2 nitrogen and oxygen atoms in total. The third-order valence-corrected chi connectivity index (χ3v) is 3.67. The van der Waals surface area contributed by atoms with Crippen molar-refractivity contribution in [3.05, 3.63) is 0 Å².